The lowest BCUT2D eigenvalue weighted by atomic mass is 9.77. The summed E-state index contributed by atoms with van der Waals surface area (Å²) < 4.78 is 47.9. The first kappa shape index (κ1) is 48.2. The van der Waals surface area contributed by atoms with Crippen LogP contribution in [0.4, 0.5) is 0 Å². The second kappa shape index (κ2) is 17.9. The highest BCUT2D eigenvalue weighted by molar-refractivity contribution is 6.75. The van der Waals surface area contributed by atoms with Crippen LogP contribution >= 0.6 is 0 Å². The number of hydrogen-bond acceptors (Lipinski definition) is 9. The number of rotatable bonds is 14. The number of fused-ring (bicyclic) bond motifs is 1. The Hall–Kier alpha value is -2.43. The van der Waals surface area contributed by atoms with Gasteiger partial charge in [0.1, 0.15) is 23.7 Å². The van der Waals surface area contributed by atoms with E-state index in [1.165, 1.54) is 13.8 Å². The molecule has 4 rings (SSSR count). The van der Waals surface area contributed by atoms with Gasteiger partial charge in [-0.1, -0.05) is 105 Å². The number of benzene rings is 2. The van der Waals surface area contributed by atoms with E-state index in [4.69, 9.17) is 32.2 Å². The minimum atomic E-state index is -2.48. The molecule has 0 N–H and O–H groups in total. The van der Waals surface area contributed by atoms with Crippen molar-refractivity contribution in [2.75, 3.05) is 6.61 Å². The van der Waals surface area contributed by atoms with Gasteiger partial charge in [0.2, 0.25) is 0 Å². The maximum absolute atomic E-state index is 12.8. The van der Waals surface area contributed by atoms with Crippen molar-refractivity contribution in [2.45, 2.75) is 186 Å². The number of hydrogen-bond donors (Lipinski definition) is 0. The molecule has 2 aliphatic rings. The molecule has 58 heavy (non-hydrogen) atoms. The van der Waals surface area contributed by atoms with Gasteiger partial charge in [0, 0.05) is 36.8 Å². The van der Waals surface area contributed by atoms with Crippen LogP contribution in [-0.4, -0.2) is 74.0 Å². The van der Waals surface area contributed by atoms with Crippen LogP contribution in [0, 0.1) is 0 Å². The smallest absolute Gasteiger partial charge is 0.308 e. The molecule has 0 spiro atoms. The van der Waals surface area contributed by atoms with Crippen LogP contribution in [0.15, 0.2) is 54.6 Å². The third kappa shape index (κ3) is 11.1. The Bertz CT molecular complexity index is 1770. The van der Waals surface area contributed by atoms with E-state index >= 15 is 0 Å². The van der Waals surface area contributed by atoms with Crippen molar-refractivity contribution in [3.05, 3.63) is 71.3 Å². The van der Waals surface area contributed by atoms with Crippen LogP contribution in [0.1, 0.15) is 112 Å². The second-order valence-electron chi connectivity index (χ2n) is 20.9. The van der Waals surface area contributed by atoms with E-state index in [9.17, 15) is 9.59 Å². The Morgan fingerprint density at radius 2 is 1.16 bits per heavy atom. The Labute approximate surface area is 353 Å². The second-order valence-corrected chi connectivity index (χ2v) is 35.2. The van der Waals surface area contributed by atoms with Gasteiger partial charge in [-0.15, -0.1) is 0 Å². The van der Waals surface area contributed by atoms with Crippen LogP contribution in [0.3, 0.4) is 0 Å². The predicted molar refractivity (Wildman–Crippen MR) is 240 cm³/mol. The van der Waals surface area contributed by atoms with Gasteiger partial charge < -0.3 is 32.2 Å². The Kier molecular flexibility index (Phi) is 14.9. The molecule has 1 aliphatic carbocycles. The first-order chi connectivity index (χ1) is 26.5. The summed E-state index contributed by atoms with van der Waals surface area (Å²) in [6.07, 6.45) is 1.91. The molecule has 7 atom stereocenters. The van der Waals surface area contributed by atoms with Crippen molar-refractivity contribution in [1.29, 1.82) is 0 Å². The molecule has 1 aliphatic heterocycles. The quantitative estimate of drug-likeness (QED) is 0.0796. The average Bonchev–Trinajstić information content (AvgIpc) is 3.40. The summed E-state index contributed by atoms with van der Waals surface area (Å²) in [5, 5.41) is -0.236. The molecule has 2 aromatic carbocycles. The maximum Gasteiger partial charge on any atom is 0.308 e. The summed E-state index contributed by atoms with van der Waals surface area (Å²) in [6.45, 7) is 39.5. The lowest BCUT2D eigenvalue weighted by Crippen LogP contribution is -2.56. The van der Waals surface area contributed by atoms with Crippen molar-refractivity contribution in [2.24, 2.45) is 0 Å². The predicted octanol–water partition coefficient (Wildman–Crippen LogP) is 11.4. The van der Waals surface area contributed by atoms with Gasteiger partial charge >= 0.3 is 11.9 Å². The molecule has 0 amide bonds. The van der Waals surface area contributed by atoms with Gasteiger partial charge in [-0.25, -0.2) is 0 Å². The molecule has 324 valence electrons. The molecular formula is C46H74O9Si3. The molecule has 1 heterocycles. The Morgan fingerprint density at radius 3 is 1.64 bits per heavy atom. The van der Waals surface area contributed by atoms with Gasteiger partial charge in [-0.2, -0.15) is 0 Å². The molecule has 0 unspecified atom stereocenters. The molecule has 1 fully saturated rings. The van der Waals surface area contributed by atoms with Gasteiger partial charge in [-0.3, -0.25) is 9.59 Å². The molecule has 0 bridgehead atoms. The minimum absolute atomic E-state index is 0.0270. The monoisotopic (exact) mass is 854 g/mol. The van der Waals surface area contributed by atoms with Gasteiger partial charge in [0.15, 0.2) is 25.0 Å². The molecule has 12 heteroatoms. The van der Waals surface area contributed by atoms with Crippen molar-refractivity contribution < 1.29 is 41.8 Å². The van der Waals surface area contributed by atoms with Gasteiger partial charge in [0.05, 0.1) is 31.5 Å². The zero-order valence-corrected chi connectivity index (χ0v) is 41.8. The number of ether oxygens (including phenoxy) is 4. The fourth-order valence-electron chi connectivity index (χ4n) is 6.94. The van der Waals surface area contributed by atoms with E-state index in [-0.39, 0.29) is 27.1 Å². The van der Waals surface area contributed by atoms with E-state index in [0.29, 0.717) is 30.3 Å². The Balaban J connectivity index is 1.97. The molecule has 0 radical (unpaired) electrons. The maximum atomic E-state index is 12.8. The molecule has 0 saturated carbocycles. The van der Waals surface area contributed by atoms with Crippen molar-refractivity contribution in [3.8, 4) is 11.5 Å². The van der Waals surface area contributed by atoms with Gasteiger partial charge in [-0.05, 0) is 79.0 Å². The molecule has 9 nitrogen and oxygen atoms in total. The Morgan fingerprint density at radius 1 is 0.672 bits per heavy atom. The van der Waals surface area contributed by atoms with Crippen LogP contribution in [0.25, 0.3) is 0 Å². The van der Waals surface area contributed by atoms with Crippen LogP contribution in [-0.2, 0) is 38.9 Å². The van der Waals surface area contributed by atoms with E-state index in [2.05, 4.69) is 121 Å². The minimum Gasteiger partial charge on any atom is -0.426 e. The first-order valence-electron chi connectivity index (χ1n) is 21.0. The largest absolute Gasteiger partial charge is 0.426 e. The summed E-state index contributed by atoms with van der Waals surface area (Å²) in [6, 6.07) is 13.4. The summed E-state index contributed by atoms with van der Waals surface area (Å²) >= 11 is 0. The lowest BCUT2D eigenvalue weighted by Gasteiger charge is -2.46. The lowest BCUT2D eigenvalue weighted by molar-refractivity contribution is -0.133. The van der Waals surface area contributed by atoms with Crippen LogP contribution < -0.4 is 9.47 Å². The zero-order chi connectivity index (χ0) is 43.8. The molecular weight excluding hydrogens is 781 g/mol. The summed E-state index contributed by atoms with van der Waals surface area (Å²) in [7, 11) is -7.18. The molecule has 1 saturated heterocycles. The standard InChI is InChI=1S/C46H74O9Si3/c1-30(53-56(13,14)44(4,5)6)40-42(54-57(15,16)45(7,8)9)43(55-58(17,18)46(10,11)12)41(52-40)35-25-24-34(29-49-28-33-22-20-19-21-23-33)38-36(50-31(2)47)26-27-37(39(35)38)51-32(3)48/h19-27,30,34-35,40-43H,28-29H2,1-18H3/t30-,34+,35+,40+,41-,42+,43+/m1/s1. The van der Waals surface area contributed by atoms with Crippen LogP contribution in [0.2, 0.25) is 54.4 Å². The van der Waals surface area contributed by atoms with E-state index in [1.807, 2.05) is 30.3 Å². The highest BCUT2D eigenvalue weighted by Gasteiger charge is 2.58. The normalized spacial score (nSPS) is 23.7. The SMILES string of the molecule is CC(=O)Oc1ccc(OC(C)=O)c2c1[C@H](COCc1ccccc1)C=C[C@@H]2[C@H]1O[C@@H]([C@@H](C)O[Si](C)(C)C(C)(C)C)[C@H](O[Si](C)(C)C(C)(C)C)[C@H]1O[Si](C)(C)C(C)(C)C. The summed E-state index contributed by atoms with van der Waals surface area (Å²) in [5.74, 6) is -0.935. The number of carbonyl (C=O) groups excluding carboxylic acids is 2. The fourth-order valence-corrected chi connectivity index (χ4v) is 11.0. The van der Waals surface area contributed by atoms with Crippen LogP contribution in [0.5, 0.6) is 11.5 Å². The third-order valence-corrected chi connectivity index (χ3v) is 26.8. The highest BCUT2D eigenvalue weighted by atomic mass is 28.4. The number of esters is 2. The number of carbonyl (C=O) groups is 2. The summed E-state index contributed by atoms with van der Waals surface area (Å²) in [5.41, 5.74) is 2.48. The van der Waals surface area contributed by atoms with E-state index < -0.39 is 67.2 Å². The zero-order valence-electron chi connectivity index (χ0n) is 38.8. The summed E-state index contributed by atoms with van der Waals surface area (Å²) in [4.78, 5) is 25.4. The van der Waals surface area contributed by atoms with E-state index in [1.54, 1.807) is 12.1 Å². The van der Waals surface area contributed by atoms with Gasteiger partial charge in [0.25, 0.3) is 0 Å². The van der Waals surface area contributed by atoms with Crippen molar-refractivity contribution in [1.82, 2.24) is 0 Å². The molecule has 2 aromatic rings. The van der Waals surface area contributed by atoms with Crippen molar-refractivity contribution >= 4 is 36.9 Å². The highest BCUT2D eigenvalue weighted by Crippen LogP contribution is 2.52. The topological polar surface area (TPSA) is 98.8 Å². The first-order valence-corrected chi connectivity index (χ1v) is 29.7. The fraction of sp³-hybridized carbons (Fsp3) is 0.652. The van der Waals surface area contributed by atoms with E-state index in [0.717, 1.165) is 11.1 Å². The third-order valence-electron chi connectivity index (χ3n) is 13.2. The molecule has 0 aromatic heterocycles. The average molecular weight is 855 g/mol. The van der Waals surface area contributed by atoms with Crippen molar-refractivity contribution in [3.63, 3.8) is 0 Å².